The molecule has 4 heteroatoms. The van der Waals surface area contributed by atoms with E-state index < -0.39 is 0 Å². The summed E-state index contributed by atoms with van der Waals surface area (Å²) in [6.07, 6.45) is 0. The fraction of sp³-hybridized carbons (Fsp3) is 0.182. The monoisotopic (exact) mass is 641 g/mol. The Morgan fingerprint density at radius 1 is 0.438 bits per heavy atom. The van der Waals surface area contributed by atoms with Crippen molar-refractivity contribution >= 4 is 57.3 Å². The van der Waals surface area contributed by atoms with E-state index in [0.29, 0.717) is 0 Å². The minimum absolute atomic E-state index is 0.0815. The van der Waals surface area contributed by atoms with Gasteiger partial charge in [-0.05, 0) is 89.8 Å². The standard InChI is InChI=1S/C44H39N3S/c1-6-45-39-25-23-29(46-35-19-11-7-15-31(35)43(2,3)32-16-8-12-20-36(32)46)27-41(39)48-42-28-30(24-26-40(42)45)47-37-21-13-9-17-33(37)44(4,5)34-18-10-14-22-38(34)47/h7-28H,6H2,1-5H3. The molecule has 3 nitrogen and oxygen atoms in total. The Hall–Kier alpha value is -4.93. The summed E-state index contributed by atoms with van der Waals surface area (Å²) in [7, 11) is 0. The van der Waals surface area contributed by atoms with Crippen LogP contribution in [0.2, 0.25) is 0 Å². The van der Waals surface area contributed by atoms with Gasteiger partial charge >= 0.3 is 0 Å². The highest BCUT2D eigenvalue weighted by Gasteiger charge is 2.38. The van der Waals surface area contributed by atoms with E-state index in [1.807, 2.05) is 11.8 Å². The summed E-state index contributed by atoms with van der Waals surface area (Å²) in [6.45, 7) is 12.5. The molecule has 0 atom stereocenters. The minimum atomic E-state index is -0.0815. The van der Waals surface area contributed by atoms with Gasteiger partial charge in [-0.2, -0.15) is 0 Å². The fourth-order valence-electron chi connectivity index (χ4n) is 8.38. The fourth-order valence-corrected chi connectivity index (χ4v) is 9.54. The summed E-state index contributed by atoms with van der Waals surface area (Å²) in [5.41, 5.74) is 15.2. The van der Waals surface area contributed by atoms with Crippen LogP contribution in [0.5, 0.6) is 0 Å². The highest BCUT2D eigenvalue weighted by molar-refractivity contribution is 7.99. The summed E-state index contributed by atoms with van der Waals surface area (Å²) in [6, 6.07) is 49.6. The van der Waals surface area contributed by atoms with Crippen molar-refractivity contribution in [3.63, 3.8) is 0 Å². The predicted molar refractivity (Wildman–Crippen MR) is 203 cm³/mol. The smallest absolute Gasteiger partial charge is 0.0554 e. The minimum Gasteiger partial charge on any atom is -0.340 e. The molecule has 0 spiro atoms. The molecule has 0 amide bonds. The van der Waals surface area contributed by atoms with Crippen LogP contribution in [0.1, 0.15) is 56.9 Å². The number of rotatable bonds is 3. The summed E-state index contributed by atoms with van der Waals surface area (Å²) < 4.78 is 0. The molecule has 9 rings (SSSR count). The second kappa shape index (κ2) is 10.5. The molecule has 0 saturated heterocycles. The molecule has 0 aromatic heterocycles. The molecule has 0 saturated carbocycles. The first-order chi connectivity index (χ1) is 23.3. The van der Waals surface area contributed by atoms with E-state index in [1.165, 1.54) is 77.5 Å². The normalized spacial score (nSPS) is 16.2. The predicted octanol–water partition coefficient (Wildman–Crippen LogP) is 12.5. The maximum atomic E-state index is 2.47. The molecule has 3 aliphatic rings. The number of benzene rings is 6. The largest absolute Gasteiger partial charge is 0.340 e. The first-order valence-electron chi connectivity index (χ1n) is 17.0. The van der Waals surface area contributed by atoms with E-state index in [4.69, 9.17) is 0 Å². The Kier molecular flexibility index (Phi) is 6.42. The average Bonchev–Trinajstić information content (AvgIpc) is 3.11. The Labute approximate surface area is 288 Å². The Morgan fingerprint density at radius 2 is 0.771 bits per heavy atom. The van der Waals surface area contributed by atoms with Gasteiger partial charge in [0.05, 0.1) is 34.1 Å². The molecule has 0 unspecified atom stereocenters. The van der Waals surface area contributed by atoms with Crippen molar-refractivity contribution in [1.29, 1.82) is 0 Å². The molecule has 3 heterocycles. The number of hydrogen-bond acceptors (Lipinski definition) is 4. The lowest BCUT2D eigenvalue weighted by Crippen LogP contribution is -2.30. The average molecular weight is 642 g/mol. The van der Waals surface area contributed by atoms with Crippen LogP contribution in [-0.2, 0) is 10.8 Å². The van der Waals surface area contributed by atoms with E-state index in [1.54, 1.807) is 0 Å². The van der Waals surface area contributed by atoms with E-state index in [2.05, 4.69) is 183 Å². The summed E-state index contributed by atoms with van der Waals surface area (Å²) in [5, 5.41) is 0. The molecular weight excluding hydrogens is 603 g/mol. The third-order valence-electron chi connectivity index (χ3n) is 10.8. The quantitative estimate of drug-likeness (QED) is 0.190. The van der Waals surface area contributed by atoms with Crippen molar-refractivity contribution in [3.8, 4) is 0 Å². The third-order valence-corrected chi connectivity index (χ3v) is 11.9. The van der Waals surface area contributed by atoms with Gasteiger partial charge in [0.2, 0.25) is 0 Å². The Balaban J connectivity index is 1.17. The first kappa shape index (κ1) is 29.2. The van der Waals surface area contributed by atoms with E-state index >= 15 is 0 Å². The maximum absolute atomic E-state index is 2.47. The summed E-state index contributed by atoms with van der Waals surface area (Å²) >= 11 is 1.89. The van der Waals surface area contributed by atoms with Crippen molar-refractivity contribution in [2.24, 2.45) is 0 Å². The van der Waals surface area contributed by atoms with Gasteiger partial charge in [0.1, 0.15) is 0 Å². The van der Waals surface area contributed by atoms with Crippen LogP contribution < -0.4 is 14.7 Å². The van der Waals surface area contributed by atoms with Crippen LogP contribution in [-0.4, -0.2) is 6.54 Å². The van der Waals surface area contributed by atoms with Crippen molar-refractivity contribution < 1.29 is 0 Å². The Bertz CT molecular complexity index is 1990. The summed E-state index contributed by atoms with van der Waals surface area (Å²) in [4.78, 5) is 9.95. The second-order valence-corrected chi connectivity index (χ2v) is 15.2. The van der Waals surface area contributed by atoms with Crippen LogP contribution in [0.4, 0.5) is 45.5 Å². The van der Waals surface area contributed by atoms with E-state index in [-0.39, 0.29) is 10.8 Å². The maximum Gasteiger partial charge on any atom is 0.0554 e. The molecule has 6 aromatic carbocycles. The number of para-hydroxylation sites is 4. The first-order valence-corrected chi connectivity index (χ1v) is 17.8. The molecule has 0 aliphatic carbocycles. The van der Waals surface area contributed by atoms with Gasteiger partial charge in [0.15, 0.2) is 0 Å². The topological polar surface area (TPSA) is 9.72 Å². The SMILES string of the molecule is CCN1c2ccc(N3c4ccccc4C(C)(C)c4ccccc43)cc2Sc2cc(N3c4ccccc4C(C)(C)c4ccccc43)ccc21. The molecule has 3 aliphatic heterocycles. The lowest BCUT2D eigenvalue weighted by atomic mass is 9.73. The van der Waals surface area contributed by atoms with E-state index in [9.17, 15) is 0 Å². The van der Waals surface area contributed by atoms with E-state index in [0.717, 1.165) is 6.54 Å². The van der Waals surface area contributed by atoms with Crippen molar-refractivity contribution in [2.45, 2.75) is 55.2 Å². The van der Waals surface area contributed by atoms with Crippen LogP contribution >= 0.6 is 11.8 Å². The van der Waals surface area contributed by atoms with Crippen LogP contribution in [0.25, 0.3) is 0 Å². The Morgan fingerprint density at radius 3 is 1.10 bits per heavy atom. The lowest BCUT2D eigenvalue weighted by molar-refractivity contribution is 0.631. The third kappa shape index (κ3) is 4.08. The highest BCUT2D eigenvalue weighted by Crippen LogP contribution is 2.56. The van der Waals surface area contributed by atoms with Crippen molar-refractivity contribution in [1.82, 2.24) is 0 Å². The van der Waals surface area contributed by atoms with Crippen molar-refractivity contribution in [3.05, 3.63) is 156 Å². The molecule has 236 valence electrons. The van der Waals surface area contributed by atoms with Gasteiger partial charge in [0, 0.05) is 38.5 Å². The molecule has 0 N–H and O–H groups in total. The van der Waals surface area contributed by atoms with Crippen molar-refractivity contribution in [2.75, 3.05) is 21.2 Å². The van der Waals surface area contributed by atoms with Gasteiger partial charge in [-0.3, -0.25) is 0 Å². The number of anilines is 8. The molecule has 0 bridgehead atoms. The lowest BCUT2D eigenvalue weighted by Gasteiger charge is -2.43. The van der Waals surface area contributed by atoms with Crippen LogP contribution in [0, 0.1) is 0 Å². The van der Waals surface area contributed by atoms with Gasteiger partial charge < -0.3 is 14.7 Å². The highest BCUT2D eigenvalue weighted by atomic mass is 32.2. The van der Waals surface area contributed by atoms with Gasteiger partial charge in [-0.25, -0.2) is 0 Å². The number of hydrogen-bond donors (Lipinski definition) is 0. The van der Waals surface area contributed by atoms with Crippen LogP contribution in [0.3, 0.4) is 0 Å². The zero-order valence-corrected chi connectivity index (χ0v) is 29.0. The zero-order chi connectivity index (χ0) is 32.8. The number of fused-ring (bicyclic) bond motifs is 6. The molecule has 6 aromatic rings. The number of nitrogens with zero attached hydrogens (tertiary/aromatic N) is 3. The zero-order valence-electron chi connectivity index (χ0n) is 28.2. The van der Waals surface area contributed by atoms with Gasteiger partial charge in [-0.1, -0.05) is 112 Å². The molecular formula is C44H39N3S. The van der Waals surface area contributed by atoms with Gasteiger partial charge in [-0.15, -0.1) is 0 Å². The van der Waals surface area contributed by atoms with Gasteiger partial charge in [0.25, 0.3) is 0 Å². The molecule has 0 fully saturated rings. The summed E-state index contributed by atoms with van der Waals surface area (Å²) in [5.74, 6) is 0. The second-order valence-electron chi connectivity index (χ2n) is 14.1. The van der Waals surface area contributed by atoms with Crippen LogP contribution in [0.15, 0.2) is 143 Å². The molecule has 48 heavy (non-hydrogen) atoms. The molecule has 0 radical (unpaired) electrons.